The van der Waals surface area contributed by atoms with Crippen molar-refractivity contribution >= 4 is 26.8 Å². The van der Waals surface area contributed by atoms with Crippen molar-refractivity contribution in [3.8, 4) is 0 Å². The summed E-state index contributed by atoms with van der Waals surface area (Å²) in [6, 6.07) is 7.72. The maximum Gasteiger partial charge on any atom is 0.220 e. The second-order valence-corrected chi connectivity index (χ2v) is 9.12. The summed E-state index contributed by atoms with van der Waals surface area (Å²) in [4.78, 5) is 15.5. The number of benzene rings is 1. The van der Waals surface area contributed by atoms with Crippen LogP contribution in [-0.2, 0) is 26.0 Å². The van der Waals surface area contributed by atoms with Gasteiger partial charge in [0, 0.05) is 43.5 Å². The molecule has 7 nitrogen and oxygen atoms in total. The van der Waals surface area contributed by atoms with Gasteiger partial charge >= 0.3 is 0 Å². The van der Waals surface area contributed by atoms with E-state index in [-0.39, 0.29) is 23.6 Å². The molecule has 1 fully saturated rings. The van der Waals surface area contributed by atoms with E-state index >= 15 is 0 Å². The van der Waals surface area contributed by atoms with Crippen LogP contribution in [0.5, 0.6) is 0 Å². The van der Waals surface area contributed by atoms with Gasteiger partial charge in [0.05, 0.1) is 25.0 Å². The number of rotatable bonds is 7. The van der Waals surface area contributed by atoms with E-state index in [0.717, 1.165) is 16.5 Å². The van der Waals surface area contributed by atoms with E-state index in [1.54, 1.807) is 0 Å². The summed E-state index contributed by atoms with van der Waals surface area (Å²) in [5, 5.41) is 4.07. The molecule has 142 valence electrons. The lowest BCUT2D eigenvalue weighted by Gasteiger charge is -2.21. The molecule has 1 aromatic carbocycles. The van der Waals surface area contributed by atoms with E-state index in [0.29, 0.717) is 26.1 Å². The highest BCUT2D eigenvalue weighted by Gasteiger charge is 2.34. The lowest BCUT2D eigenvalue weighted by Crippen LogP contribution is -2.43. The number of ether oxygens (including phenoxy) is 1. The number of fused-ring (bicyclic) bond motifs is 1. The van der Waals surface area contributed by atoms with Crippen molar-refractivity contribution in [2.75, 3.05) is 33.1 Å². The lowest BCUT2D eigenvalue weighted by molar-refractivity contribution is -0.121. The number of carbonyl (C=O) groups is 1. The fourth-order valence-corrected chi connectivity index (χ4v) is 4.38. The van der Waals surface area contributed by atoms with Crippen molar-refractivity contribution in [3.05, 3.63) is 36.0 Å². The van der Waals surface area contributed by atoms with Crippen LogP contribution in [0.25, 0.3) is 10.9 Å². The first-order valence-electron chi connectivity index (χ1n) is 8.69. The third-order valence-corrected chi connectivity index (χ3v) is 6.78. The molecule has 0 bridgehead atoms. The number of nitrogens with one attached hydrogen (secondary N) is 2. The van der Waals surface area contributed by atoms with Gasteiger partial charge in [-0.05, 0) is 18.1 Å². The molecular formula is C18H25N3O4S. The number of aryl methyl sites for hydroxylation is 1. The van der Waals surface area contributed by atoms with Gasteiger partial charge in [0.25, 0.3) is 0 Å². The smallest absolute Gasteiger partial charge is 0.220 e. The number of hydrogen-bond acceptors (Lipinski definition) is 4. The van der Waals surface area contributed by atoms with Gasteiger partial charge in [0.2, 0.25) is 15.9 Å². The number of carbonyl (C=O) groups excluding carboxylic acids is 1. The Kier molecular flexibility index (Phi) is 5.64. The summed E-state index contributed by atoms with van der Waals surface area (Å²) in [5.74, 6) is -0.328. The fraction of sp³-hybridized carbons (Fsp3) is 0.500. The van der Waals surface area contributed by atoms with Gasteiger partial charge < -0.3 is 15.0 Å². The second-order valence-electron chi connectivity index (χ2n) is 6.89. The average Bonchev–Trinajstić information content (AvgIpc) is 3.19. The van der Waals surface area contributed by atoms with Crippen LogP contribution < -0.4 is 5.32 Å². The normalized spacial score (nSPS) is 20.7. The van der Waals surface area contributed by atoms with E-state index in [2.05, 4.69) is 10.3 Å². The van der Waals surface area contributed by atoms with Crippen LogP contribution in [0, 0.1) is 5.92 Å². The van der Waals surface area contributed by atoms with E-state index in [1.165, 1.54) is 18.4 Å². The highest BCUT2D eigenvalue weighted by atomic mass is 32.2. The summed E-state index contributed by atoms with van der Waals surface area (Å²) in [6.07, 6.45) is 2.92. The van der Waals surface area contributed by atoms with Crippen molar-refractivity contribution in [3.63, 3.8) is 0 Å². The Morgan fingerprint density at radius 1 is 1.31 bits per heavy atom. The van der Waals surface area contributed by atoms with Gasteiger partial charge in [-0.25, -0.2) is 12.7 Å². The zero-order chi connectivity index (χ0) is 18.7. The van der Waals surface area contributed by atoms with Gasteiger partial charge in [0.1, 0.15) is 0 Å². The van der Waals surface area contributed by atoms with Crippen molar-refractivity contribution in [1.82, 2.24) is 14.6 Å². The minimum absolute atomic E-state index is 0.0204. The van der Waals surface area contributed by atoms with E-state index in [1.807, 2.05) is 30.5 Å². The zero-order valence-corrected chi connectivity index (χ0v) is 15.9. The predicted octanol–water partition coefficient (Wildman–Crippen LogP) is 1.12. The van der Waals surface area contributed by atoms with Crippen LogP contribution in [0.2, 0.25) is 0 Å². The minimum Gasteiger partial charge on any atom is -0.379 e. The maximum absolute atomic E-state index is 12.3. The molecule has 1 aliphatic heterocycles. The number of para-hydroxylation sites is 1. The zero-order valence-electron chi connectivity index (χ0n) is 15.1. The third-order valence-electron chi connectivity index (χ3n) is 4.82. The second kappa shape index (κ2) is 7.77. The molecule has 1 saturated heterocycles. The Morgan fingerprint density at radius 3 is 2.85 bits per heavy atom. The van der Waals surface area contributed by atoms with Crippen LogP contribution in [0.15, 0.2) is 30.5 Å². The predicted molar refractivity (Wildman–Crippen MR) is 100 cm³/mol. The molecule has 2 N–H and O–H groups in total. The molecule has 0 radical (unpaired) electrons. The molecule has 26 heavy (non-hydrogen) atoms. The van der Waals surface area contributed by atoms with Crippen molar-refractivity contribution in [2.24, 2.45) is 5.92 Å². The van der Waals surface area contributed by atoms with Crippen LogP contribution in [-0.4, -0.2) is 62.7 Å². The summed E-state index contributed by atoms with van der Waals surface area (Å²) in [7, 11) is -0.297. The van der Waals surface area contributed by atoms with Crippen LogP contribution in [0.3, 0.4) is 0 Å². The summed E-state index contributed by atoms with van der Waals surface area (Å²) < 4.78 is 30.8. The van der Waals surface area contributed by atoms with Crippen molar-refractivity contribution in [2.45, 2.75) is 18.9 Å². The van der Waals surface area contributed by atoms with Gasteiger partial charge in [-0.15, -0.1) is 0 Å². The molecule has 1 aromatic heterocycles. The highest BCUT2D eigenvalue weighted by Crippen LogP contribution is 2.20. The summed E-state index contributed by atoms with van der Waals surface area (Å²) >= 11 is 0. The topological polar surface area (TPSA) is 91.5 Å². The first kappa shape index (κ1) is 18.9. The van der Waals surface area contributed by atoms with Crippen LogP contribution in [0.4, 0.5) is 0 Å². The minimum atomic E-state index is -3.32. The van der Waals surface area contributed by atoms with E-state index in [4.69, 9.17) is 4.74 Å². The summed E-state index contributed by atoms with van der Waals surface area (Å²) in [6.45, 7) is 0.701. The Balaban J connectivity index is 1.55. The van der Waals surface area contributed by atoms with E-state index in [9.17, 15) is 13.2 Å². The number of aromatic amines is 1. The highest BCUT2D eigenvalue weighted by molar-refractivity contribution is 7.89. The lowest BCUT2D eigenvalue weighted by atomic mass is 10.1. The molecule has 2 aromatic rings. The third kappa shape index (κ3) is 4.25. The molecule has 0 aliphatic carbocycles. The fourth-order valence-electron chi connectivity index (χ4n) is 3.21. The van der Waals surface area contributed by atoms with Gasteiger partial charge in [-0.2, -0.15) is 0 Å². The quantitative estimate of drug-likeness (QED) is 0.754. The molecular weight excluding hydrogens is 354 g/mol. The van der Waals surface area contributed by atoms with Crippen LogP contribution in [0.1, 0.15) is 12.0 Å². The number of H-pyrrole nitrogens is 1. The van der Waals surface area contributed by atoms with Gasteiger partial charge in [0.15, 0.2) is 0 Å². The monoisotopic (exact) mass is 379 g/mol. The van der Waals surface area contributed by atoms with Crippen molar-refractivity contribution < 1.29 is 17.9 Å². The van der Waals surface area contributed by atoms with Gasteiger partial charge in [-0.3, -0.25) is 4.79 Å². The van der Waals surface area contributed by atoms with Crippen molar-refractivity contribution in [1.29, 1.82) is 0 Å². The molecule has 1 amide bonds. The molecule has 0 saturated carbocycles. The number of amides is 1. The Labute approximate surface area is 153 Å². The SMILES string of the molecule is CN(C)S(=O)(=O)C[C@@H]1COC[C@@H]1NC(=O)CCc1c[nH]c2ccccc12. The first-order chi connectivity index (χ1) is 12.4. The number of aromatic nitrogens is 1. The summed E-state index contributed by atoms with van der Waals surface area (Å²) in [5.41, 5.74) is 2.16. The molecule has 2 atom stereocenters. The Morgan fingerprint density at radius 2 is 2.08 bits per heavy atom. The molecule has 0 spiro atoms. The Hall–Kier alpha value is -1.90. The Bertz CT molecular complexity index is 875. The molecule has 2 heterocycles. The number of sulfonamides is 1. The molecule has 8 heteroatoms. The van der Waals surface area contributed by atoms with Crippen LogP contribution >= 0.6 is 0 Å². The molecule has 1 aliphatic rings. The first-order valence-corrected chi connectivity index (χ1v) is 10.3. The largest absolute Gasteiger partial charge is 0.379 e. The number of hydrogen-bond donors (Lipinski definition) is 2. The molecule has 3 rings (SSSR count). The average molecular weight is 379 g/mol. The van der Waals surface area contributed by atoms with Gasteiger partial charge in [-0.1, -0.05) is 18.2 Å². The van der Waals surface area contributed by atoms with E-state index < -0.39 is 10.0 Å². The standard InChI is InChI=1S/C18H25N3O4S/c1-21(2)26(23,24)12-14-10-25-11-17(14)20-18(22)8-7-13-9-19-16-6-4-3-5-15(13)16/h3-6,9,14,17,19H,7-8,10-12H2,1-2H3,(H,20,22)/t14-,17-/m0/s1. The molecule has 0 unspecified atom stereocenters. The number of nitrogens with zero attached hydrogens (tertiary/aromatic N) is 1. The maximum atomic E-state index is 12.3.